The highest BCUT2D eigenvalue weighted by Crippen LogP contribution is 2.40. The Morgan fingerprint density at radius 3 is 2.36 bits per heavy atom. The minimum atomic E-state index is -3.21. The molecule has 130 valence electrons. The van der Waals surface area contributed by atoms with Crippen molar-refractivity contribution in [3.8, 4) is 0 Å². The third-order valence-corrected chi connectivity index (χ3v) is 6.78. The summed E-state index contributed by atoms with van der Waals surface area (Å²) < 4.78 is 24.5. The third kappa shape index (κ3) is 2.69. The summed E-state index contributed by atoms with van der Waals surface area (Å²) in [4.78, 5) is 16.3. The number of sulfone groups is 1. The summed E-state index contributed by atoms with van der Waals surface area (Å²) in [5, 5.41) is 0.435. The molecule has 0 radical (unpaired) electrons. The maximum atomic E-state index is 13.2. The van der Waals surface area contributed by atoms with Crippen LogP contribution >= 0.6 is 11.6 Å². The number of para-hydroxylation sites is 1. The van der Waals surface area contributed by atoms with Gasteiger partial charge in [-0.1, -0.05) is 35.9 Å². The van der Waals surface area contributed by atoms with Crippen LogP contribution in [-0.2, 0) is 9.84 Å². The molecule has 2 unspecified atom stereocenters. The van der Waals surface area contributed by atoms with Gasteiger partial charge < -0.3 is 0 Å². The summed E-state index contributed by atoms with van der Waals surface area (Å²) >= 11 is 6.29. The van der Waals surface area contributed by atoms with E-state index in [1.54, 1.807) is 34.1 Å². The first-order valence-corrected chi connectivity index (χ1v) is 10.2. The van der Waals surface area contributed by atoms with Crippen LogP contribution in [0.1, 0.15) is 5.56 Å². The monoisotopic (exact) mass is 376 g/mol. The summed E-state index contributed by atoms with van der Waals surface area (Å²) in [7, 11) is -3.21. The largest absolute Gasteiger partial charge is 0.329 e. The molecular weight excluding hydrogens is 360 g/mol. The van der Waals surface area contributed by atoms with Crippen molar-refractivity contribution in [2.75, 3.05) is 21.3 Å². The number of anilines is 2. The average Bonchev–Trinajstić information content (AvgIpc) is 2.97. The molecule has 25 heavy (non-hydrogen) atoms. The maximum absolute atomic E-state index is 13.2. The van der Waals surface area contributed by atoms with Crippen LogP contribution in [0.15, 0.2) is 48.5 Å². The molecular formula is C18H17ClN2O3S. The minimum Gasteiger partial charge on any atom is -0.288 e. The molecule has 4 rings (SSSR count). The Morgan fingerprint density at radius 2 is 1.68 bits per heavy atom. The van der Waals surface area contributed by atoms with Gasteiger partial charge in [-0.2, -0.15) is 0 Å². The lowest BCUT2D eigenvalue weighted by Crippen LogP contribution is -2.38. The van der Waals surface area contributed by atoms with Crippen molar-refractivity contribution in [3.63, 3.8) is 0 Å². The van der Waals surface area contributed by atoms with Crippen LogP contribution in [-0.4, -0.2) is 38.0 Å². The number of urea groups is 1. The number of fused-ring (bicyclic) bond motifs is 1. The maximum Gasteiger partial charge on any atom is 0.329 e. The zero-order chi connectivity index (χ0) is 17.8. The smallest absolute Gasteiger partial charge is 0.288 e. The van der Waals surface area contributed by atoms with Gasteiger partial charge >= 0.3 is 6.03 Å². The Kier molecular flexibility index (Phi) is 3.77. The molecule has 2 aliphatic rings. The Hall–Kier alpha value is -2.05. The van der Waals surface area contributed by atoms with Crippen molar-refractivity contribution in [2.45, 2.75) is 19.0 Å². The fourth-order valence-corrected chi connectivity index (χ4v) is 5.86. The van der Waals surface area contributed by atoms with Gasteiger partial charge in [-0.3, -0.25) is 9.80 Å². The lowest BCUT2D eigenvalue weighted by atomic mass is 10.1. The Morgan fingerprint density at radius 1 is 1.00 bits per heavy atom. The quantitative estimate of drug-likeness (QED) is 0.756. The normalized spacial score (nSPS) is 24.6. The van der Waals surface area contributed by atoms with Gasteiger partial charge in [0.25, 0.3) is 0 Å². The van der Waals surface area contributed by atoms with Crippen molar-refractivity contribution >= 4 is 38.8 Å². The molecule has 0 aromatic heterocycles. The van der Waals surface area contributed by atoms with Crippen molar-refractivity contribution in [1.82, 2.24) is 0 Å². The van der Waals surface area contributed by atoms with Crippen LogP contribution in [0.25, 0.3) is 0 Å². The third-order valence-electron chi connectivity index (χ3n) is 4.76. The first kappa shape index (κ1) is 16.4. The Balaban J connectivity index is 1.84. The van der Waals surface area contributed by atoms with E-state index in [-0.39, 0.29) is 17.5 Å². The Bertz CT molecular complexity index is 960. The molecule has 2 saturated heterocycles. The highest BCUT2D eigenvalue weighted by atomic mass is 35.5. The molecule has 0 N–H and O–H groups in total. The number of amides is 2. The van der Waals surface area contributed by atoms with Crippen LogP contribution in [0.3, 0.4) is 0 Å². The number of halogens is 1. The van der Waals surface area contributed by atoms with Crippen LogP contribution in [0, 0.1) is 6.92 Å². The van der Waals surface area contributed by atoms with Gasteiger partial charge in [0.1, 0.15) is 0 Å². The second kappa shape index (κ2) is 5.75. The summed E-state index contributed by atoms with van der Waals surface area (Å²) in [5.74, 6) is -0.0742. The number of nitrogens with zero attached hydrogens (tertiary/aromatic N) is 2. The zero-order valence-electron chi connectivity index (χ0n) is 13.6. The second-order valence-corrected chi connectivity index (χ2v) is 9.09. The number of benzene rings is 2. The van der Waals surface area contributed by atoms with Gasteiger partial charge in [-0.15, -0.1) is 0 Å². The van der Waals surface area contributed by atoms with E-state index >= 15 is 0 Å². The predicted octanol–water partition coefficient (Wildman–Crippen LogP) is 3.26. The van der Waals surface area contributed by atoms with Crippen LogP contribution in [0.4, 0.5) is 16.2 Å². The lowest BCUT2D eigenvalue weighted by molar-refractivity contribution is 0.255. The highest BCUT2D eigenvalue weighted by molar-refractivity contribution is 7.91. The number of hydrogen-bond acceptors (Lipinski definition) is 3. The summed E-state index contributed by atoms with van der Waals surface area (Å²) in [6.07, 6.45) is 0. The van der Waals surface area contributed by atoms with E-state index in [1.165, 1.54) is 0 Å². The zero-order valence-corrected chi connectivity index (χ0v) is 15.2. The Labute approximate surface area is 151 Å². The number of rotatable bonds is 2. The van der Waals surface area contributed by atoms with E-state index in [1.807, 2.05) is 31.2 Å². The minimum absolute atomic E-state index is 0.0295. The molecule has 2 aromatic rings. The molecule has 2 amide bonds. The molecule has 0 aliphatic carbocycles. The first-order valence-electron chi connectivity index (χ1n) is 8.01. The standard InChI is InChI=1S/C18H17ClN2O3S/c1-12-5-4-6-13(9-12)20-16-10-25(23,24)11-17(16)21(18(20)22)15-8-3-2-7-14(15)19/h2-9,16-17H,10-11H2,1H3. The fraction of sp³-hybridized carbons (Fsp3) is 0.278. The molecule has 0 saturated carbocycles. The number of aryl methyl sites for hydroxylation is 1. The predicted molar refractivity (Wildman–Crippen MR) is 99.2 cm³/mol. The number of carbonyl (C=O) groups is 1. The molecule has 2 aliphatic heterocycles. The molecule has 7 heteroatoms. The van der Waals surface area contributed by atoms with E-state index in [2.05, 4.69) is 0 Å². The average molecular weight is 377 g/mol. The molecule has 2 atom stereocenters. The first-order chi connectivity index (χ1) is 11.9. The molecule has 2 aromatic carbocycles. The number of carbonyl (C=O) groups excluding carboxylic acids is 1. The molecule has 5 nitrogen and oxygen atoms in total. The molecule has 2 heterocycles. The molecule has 0 spiro atoms. The van der Waals surface area contributed by atoms with Crippen molar-refractivity contribution in [3.05, 3.63) is 59.1 Å². The fourth-order valence-electron chi connectivity index (χ4n) is 3.71. The SMILES string of the molecule is Cc1cccc(N2C(=O)N(c3ccccc3Cl)C3CS(=O)(=O)CC32)c1. The van der Waals surface area contributed by atoms with Crippen LogP contribution < -0.4 is 9.80 Å². The van der Waals surface area contributed by atoms with Gasteiger partial charge in [-0.05, 0) is 36.8 Å². The van der Waals surface area contributed by atoms with Gasteiger partial charge in [0.15, 0.2) is 9.84 Å². The number of hydrogen-bond donors (Lipinski definition) is 0. The topological polar surface area (TPSA) is 57.7 Å². The van der Waals surface area contributed by atoms with Crippen molar-refractivity contribution < 1.29 is 13.2 Å². The van der Waals surface area contributed by atoms with Crippen molar-refractivity contribution in [1.29, 1.82) is 0 Å². The van der Waals surface area contributed by atoms with Gasteiger partial charge in [0.05, 0.1) is 34.3 Å². The van der Waals surface area contributed by atoms with E-state index in [0.717, 1.165) is 5.56 Å². The van der Waals surface area contributed by atoms with Crippen LogP contribution in [0.2, 0.25) is 5.02 Å². The van der Waals surface area contributed by atoms with E-state index in [9.17, 15) is 13.2 Å². The van der Waals surface area contributed by atoms with E-state index in [4.69, 9.17) is 11.6 Å². The summed E-state index contributed by atoms with van der Waals surface area (Å²) in [6.45, 7) is 1.94. The second-order valence-electron chi connectivity index (χ2n) is 6.52. The highest BCUT2D eigenvalue weighted by Gasteiger charge is 2.54. The van der Waals surface area contributed by atoms with Gasteiger partial charge in [0, 0.05) is 5.69 Å². The summed E-state index contributed by atoms with van der Waals surface area (Å²) in [6, 6.07) is 13.5. The molecule has 2 fully saturated rings. The van der Waals surface area contributed by atoms with Gasteiger partial charge in [0.2, 0.25) is 0 Å². The van der Waals surface area contributed by atoms with Crippen LogP contribution in [0.5, 0.6) is 0 Å². The molecule has 0 bridgehead atoms. The van der Waals surface area contributed by atoms with Gasteiger partial charge in [-0.25, -0.2) is 13.2 Å². The summed E-state index contributed by atoms with van der Waals surface area (Å²) in [5.41, 5.74) is 2.28. The van der Waals surface area contributed by atoms with E-state index in [0.29, 0.717) is 16.4 Å². The van der Waals surface area contributed by atoms with Crippen molar-refractivity contribution in [2.24, 2.45) is 0 Å². The lowest BCUT2D eigenvalue weighted by Gasteiger charge is -2.23. The van der Waals surface area contributed by atoms with E-state index < -0.39 is 21.9 Å².